The Kier molecular flexibility index (Phi) is 3.72. The van der Waals surface area contributed by atoms with Crippen LogP contribution in [0.1, 0.15) is 39.2 Å². The van der Waals surface area contributed by atoms with Crippen LogP contribution >= 0.6 is 0 Å². The van der Waals surface area contributed by atoms with Gasteiger partial charge in [0.2, 0.25) is 0 Å². The summed E-state index contributed by atoms with van der Waals surface area (Å²) in [5, 5.41) is 1.91. The molecule has 1 aromatic rings. The van der Waals surface area contributed by atoms with Gasteiger partial charge in [0, 0.05) is 30.8 Å². The number of nitrogens with zero attached hydrogens (tertiary/aromatic N) is 3. The van der Waals surface area contributed by atoms with E-state index >= 15 is 0 Å². The van der Waals surface area contributed by atoms with E-state index in [1.807, 2.05) is 38.0 Å². The lowest BCUT2D eigenvalue weighted by atomic mass is 9.91. The normalized spacial score (nSPS) is 20.4. The van der Waals surface area contributed by atoms with Crippen LogP contribution in [0.4, 0.5) is 10.6 Å². The van der Waals surface area contributed by atoms with Crippen molar-refractivity contribution in [3.05, 3.63) is 23.5 Å². The van der Waals surface area contributed by atoms with E-state index < -0.39 is 5.60 Å². The zero-order valence-electron chi connectivity index (χ0n) is 14.8. The number of amides is 1. The molecule has 0 radical (unpaired) electrons. The second-order valence-electron chi connectivity index (χ2n) is 7.60. The molecule has 0 saturated carbocycles. The van der Waals surface area contributed by atoms with Crippen molar-refractivity contribution in [3.8, 4) is 0 Å². The maximum atomic E-state index is 12.2. The third-order valence-corrected chi connectivity index (χ3v) is 4.64. The highest BCUT2D eigenvalue weighted by molar-refractivity contribution is 5.87. The van der Waals surface area contributed by atoms with Crippen molar-refractivity contribution < 1.29 is 9.53 Å². The highest BCUT2D eigenvalue weighted by atomic mass is 16.6. The molecule has 0 spiro atoms. The Morgan fingerprint density at radius 3 is 2.80 bits per heavy atom. The van der Waals surface area contributed by atoms with Crippen molar-refractivity contribution in [2.75, 3.05) is 13.1 Å². The number of hydrazine groups is 2. The lowest BCUT2D eigenvalue weighted by Gasteiger charge is -2.34. The smallest absolute Gasteiger partial charge is 0.410 e. The zero-order valence-corrected chi connectivity index (χ0v) is 14.8. The van der Waals surface area contributed by atoms with Crippen molar-refractivity contribution in [2.45, 2.75) is 39.2 Å². The average Bonchev–Trinajstić information content (AvgIpc) is 3.19. The predicted molar refractivity (Wildman–Crippen MR) is 94.5 cm³/mol. The van der Waals surface area contributed by atoms with Gasteiger partial charge in [-0.05, 0) is 39.7 Å². The van der Waals surface area contributed by atoms with E-state index in [2.05, 4.69) is 20.9 Å². The Balaban J connectivity index is 1.48. The lowest BCUT2D eigenvalue weighted by molar-refractivity contribution is 0.0193. The molecule has 0 atom stereocenters. The van der Waals surface area contributed by atoms with Crippen LogP contribution in [0.2, 0.25) is 0 Å². The standard InChI is InChI=1S/C17H24N6O2/c1-17(2,3)25-16(24)22-8-5-11(6-9-22)13-14-12-4-7-18-15(12)19-10-23(14)21-20-13/h4,7,10-11,18,20-21H,5-6,8-9H2,1-3H3. The quantitative estimate of drug-likeness (QED) is 0.728. The number of aliphatic imine (C=N–C) groups is 1. The number of hydrogen-bond donors (Lipinski definition) is 3. The molecule has 8 nitrogen and oxygen atoms in total. The van der Waals surface area contributed by atoms with Crippen LogP contribution in [0, 0.1) is 5.92 Å². The first-order valence-corrected chi connectivity index (χ1v) is 8.67. The fourth-order valence-electron chi connectivity index (χ4n) is 3.47. The number of carbonyl (C=O) groups excluding carboxylic acids is 1. The lowest BCUT2D eigenvalue weighted by Crippen LogP contribution is -2.43. The van der Waals surface area contributed by atoms with Gasteiger partial charge in [-0.25, -0.2) is 14.8 Å². The van der Waals surface area contributed by atoms with Gasteiger partial charge in [0.15, 0.2) is 0 Å². The van der Waals surface area contributed by atoms with Crippen LogP contribution in [0.25, 0.3) is 5.70 Å². The second-order valence-corrected chi connectivity index (χ2v) is 7.60. The molecule has 0 unspecified atom stereocenters. The summed E-state index contributed by atoms with van der Waals surface area (Å²) in [4.78, 5) is 21.6. The van der Waals surface area contributed by atoms with Crippen molar-refractivity contribution in [2.24, 2.45) is 10.9 Å². The van der Waals surface area contributed by atoms with E-state index in [9.17, 15) is 4.79 Å². The number of H-pyrrole nitrogens is 1. The average molecular weight is 344 g/mol. The molecule has 3 aliphatic heterocycles. The summed E-state index contributed by atoms with van der Waals surface area (Å²) in [7, 11) is 0. The molecule has 1 fully saturated rings. The second kappa shape index (κ2) is 5.80. The molecule has 25 heavy (non-hydrogen) atoms. The minimum Gasteiger partial charge on any atom is -0.444 e. The molecule has 0 bridgehead atoms. The van der Waals surface area contributed by atoms with Crippen LogP contribution in [0.5, 0.6) is 0 Å². The van der Waals surface area contributed by atoms with Gasteiger partial charge in [0.05, 0.1) is 11.4 Å². The van der Waals surface area contributed by atoms with Crippen LogP contribution in [0.15, 0.2) is 23.0 Å². The summed E-state index contributed by atoms with van der Waals surface area (Å²) in [5.41, 5.74) is 9.35. The molecule has 3 aliphatic rings. The Hall–Kier alpha value is -2.48. The Morgan fingerprint density at radius 2 is 2.08 bits per heavy atom. The van der Waals surface area contributed by atoms with E-state index in [4.69, 9.17) is 4.74 Å². The van der Waals surface area contributed by atoms with Gasteiger partial charge in [0.1, 0.15) is 17.8 Å². The SMILES string of the molecule is CC(C)(C)OC(=O)N1CCC(C2=C3c4cc[nH]c4N=CN3NN2)CC1. The van der Waals surface area contributed by atoms with E-state index in [1.54, 1.807) is 11.2 Å². The maximum Gasteiger partial charge on any atom is 0.410 e. The summed E-state index contributed by atoms with van der Waals surface area (Å²) < 4.78 is 5.48. The molecule has 1 amide bonds. The van der Waals surface area contributed by atoms with Crippen LogP contribution in [-0.4, -0.2) is 46.0 Å². The summed E-state index contributed by atoms with van der Waals surface area (Å²) >= 11 is 0. The summed E-state index contributed by atoms with van der Waals surface area (Å²) in [6.45, 7) is 7.09. The summed E-state index contributed by atoms with van der Waals surface area (Å²) in [6, 6.07) is 2.04. The largest absolute Gasteiger partial charge is 0.444 e. The monoisotopic (exact) mass is 344 g/mol. The maximum absolute atomic E-state index is 12.2. The number of aromatic amines is 1. The Bertz CT molecular complexity index is 737. The van der Waals surface area contributed by atoms with Gasteiger partial charge in [0.25, 0.3) is 0 Å². The number of hydrogen-bond acceptors (Lipinski definition) is 6. The zero-order chi connectivity index (χ0) is 17.6. The molecule has 1 aromatic heterocycles. The number of rotatable bonds is 1. The van der Waals surface area contributed by atoms with Gasteiger partial charge < -0.3 is 20.0 Å². The number of nitrogens with one attached hydrogen (secondary N) is 3. The fourth-order valence-corrected chi connectivity index (χ4v) is 3.47. The Morgan fingerprint density at radius 1 is 1.32 bits per heavy atom. The third kappa shape index (κ3) is 2.97. The van der Waals surface area contributed by atoms with Gasteiger partial charge in [-0.2, -0.15) is 0 Å². The van der Waals surface area contributed by atoms with Gasteiger partial charge in [-0.3, -0.25) is 0 Å². The number of carbonyl (C=O) groups is 1. The number of ether oxygens (including phenoxy) is 1. The molecule has 3 N–H and O–H groups in total. The molecular formula is C17H24N6O2. The van der Waals surface area contributed by atoms with Crippen molar-refractivity contribution in [1.82, 2.24) is 25.9 Å². The molecule has 1 saturated heterocycles. The third-order valence-electron chi connectivity index (χ3n) is 4.64. The topological polar surface area (TPSA) is 85.0 Å². The highest BCUT2D eigenvalue weighted by Gasteiger charge is 2.35. The van der Waals surface area contributed by atoms with Gasteiger partial charge in [-0.15, -0.1) is 5.53 Å². The van der Waals surface area contributed by atoms with Crippen LogP contribution in [-0.2, 0) is 4.74 Å². The summed E-state index contributed by atoms with van der Waals surface area (Å²) in [5.74, 6) is 1.24. The number of aromatic nitrogens is 1. The Labute approximate surface area is 146 Å². The van der Waals surface area contributed by atoms with Crippen molar-refractivity contribution >= 4 is 23.9 Å². The van der Waals surface area contributed by atoms with Gasteiger partial charge >= 0.3 is 6.09 Å². The first-order valence-electron chi connectivity index (χ1n) is 8.67. The molecule has 4 rings (SSSR count). The van der Waals surface area contributed by atoms with E-state index in [0.717, 1.165) is 35.6 Å². The number of likely N-dealkylation sites (tertiary alicyclic amines) is 1. The molecule has 134 valence electrons. The molecule has 8 heteroatoms. The first-order chi connectivity index (χ1) is 11.9. The van der Waals surface area contributed by atoms with Crippen molar-refractivity contribution in [1.29, 1.82) is 0 Å². The number of allylic oxidation sites excluding steroid dienone is 1. The molecule has 4 heterocycles. The highest BCUT2D eigenvalue weighted by Crippen LogP contribution is 2.38. The molecule has 0 aliphatic carbocycles. The van der Waals surface area contributed by atoms with Crippen LogP contribution < -0.4 is 11.0 Å². The minimum absolute atomic E-state index is 0.222. The van der Waals surface area contributed by atoms with Crippen LogP contribution in [0.3, 0.4) is 0 Å². The first kappa shape index (κ1) is 16.0. The predicted octanol–water partition coefficient (Wildman–Crippen LogP) is 2.33. The molecule has 0 aromatic carbocycles. The van der Waals surface area contributed by atoms with E-state index in [-0.39, 0.29) is 6.09 Å². The number of piperidine rings is 1. The minimum atomic E-state index is -0.456. The molecular weight excluding hydrogens is 320 g/mol. The number of fused-ring (bicyclic) bond motifs is 3. The van der Waals surface area contributed by atoms with Crippen molar-refractivity contribution in [3.63, 3.8) is 0 Å². The van der Waals surface area contributed by atoms with E-state index in [0.29, 0.717) is 19.0 Å². The fraction of sp³-hybridized carbons (Fsp3) is 0.529. The van der Waals surface area contributed by atoms with E-state index in [1.165, 1.54) is 0 Å². The van der Waals surface area contributed by atoms with Gasteiger partial charge in [-0.1, -0.05) is 0 Å². The summed E-state index contributed by atoms with van der Waals surface area (Å²) in [6.07, 6.45) is 5.25.